The van der Waals surface area contributed by atoms with E-state index in [-0.39, 0.29) is 29.2 Å². The van der Waals surface area contributed by atoms with Crippen molar-refractivity contribution in [3.05, 3.63) is 34.9 Å². The molecule has 0 aliphatic carbocycles. The molecule has 0 aromatic heterocycles. The number of likely N-dealkylation sites (tertiary alicyclic amines) is 1. The summed E-state index contributed by atoms with van der Waals surface area (Å²) >= 11 is 0. The van der Waals surface area contributed by atoms with Crippen LogP contribution < -0.4 is 5.32 Å². The van der Waals surface area contributed by atoms with Crippen molar-refractivity contribution in [2.24, 2.45) is 11.8 Å². The van der Waals surface area contributed by atoms with Crippen LogP contribution >= 0.6 is 0 Å². The van der Waals surface area contributed by atoms with Gasteiger partial charge in [0.05, 0.1) is 5.56 Å². The number of hydrogen-bond acceptors (Lipinski definition) is 3. The molecule has 6 heteroatoms. The Balaban J connectivity index is 2.04. The summed E-state index contributed by atoms with van der Waals surface area (Å²) in [6.07, 6.45) is 1.85. The van der Waals surface area contributed by atoms with Crippen molar-refractivity contribution in [1.29, 1.82) is 0 Å². The number of carboxylic acids is 1. The number of piperidine rings is 1. The van der Waals surface area contributed by atoms with Crippen molar-refractivity contribution < 1.29 is 19.5 Å². The van der Waals surface area contributed by atoms with Crippen LogP contribution in [-0.2, 0) is 4.79 Å². The van der Waals surface area contributed by atoms with Gasteiger partial charge < -0.3 is 15.3 Å². The van der Waals surface area contributed by atoms with Crippen molar-refractivity contribution in [3.63, 3.8) is 0 Å². The van der Waals surface area contributed by atoms with E-state index in [2.05, 4.69) is 5.32 Å². The van der Waals surface area contributed by atoms with Crippen LogP contribution in [0.3, 0.4) is 0 Å². The third kappa shape index (κ3) is 5.05. The van der Waals surface area contributed by atoms with E-state index in [0.29, 0.717) is 25.2 Å². The quantitative estimate of drug-likeness (QED) is 0.856. The standard InChI is InChI=1S/C19H26N2O4/c1-12(2)17(22)20-10-14-5-4-6-21(11-14)18(23)15-7-13(3)8-16(9-15)19(24)25/h7-9,12,14H,4-6,10-11H2,1-3H3,(H,20,22)(H,24,25). The third-order valence-corrected chi connectivity index (χ3v) is 4.47. The zero-order valence-corrected chi connectivity index (χ0v) is 15.0. The smallest absolute Gasteiger partial charge is 0.335 e. The van der Waals surface area contributed by atoms with Crippen LogP contribution in [0.25, 0.3) is 0 Å². The second kappa shape index (κ2) is 8.14. The van der Waals surface area contributed by atoms with Crippen molar-refractivity contribution in [3.8, 4) is 0 Å². The highest BCUT2D eigenvalue weighted by molar-refractivity contribution is 5.97. The number of carbonyl (C=O) groups is 3. The molecular weight excluding hydrogens is 320 g/mol. The fraction of sp³-hybridized carbons (Fsp3) is 0.526. The monoisotopic (exact) mass is 346 g/mol. The van der Waals surface area contributed by atoms with Gasteiger partial charge in [0.2, 0.25) is 5.91 Å². The van der Waals surface area contributed by atoms with Gasteiger partial charge in [0.15, 0.2) is 0 Å². The Bertz CT molecular complexity index is 669. The molecule has 1 fully saturated rings. The van der Waals surface area contributed by atoms with Crippen LogP contribution in [-0.4, -0.2) is 47.4 Å². The van der Waals surface area contributed by atoms with Gasteiger partial charge in [0, 0.05) is 31.1 Å². The first-order valence-corrected chi connectivity index (χ1v) is 8.70. The molecule has 2 amide bonds. The van der Waals surface area contributed by atoms with Gasteiger partial charge in [0.1, 0.15) is 0 Å². The summed E-state index contributed by atoms with van der Waals surface area (Å²) in [5, 5.41) is 12.1. The summed E-state index contributed by atoms with van der Waals surface area (Å²) < 4.78 is 0. The summed E-state index contributed by atoms with van der Waals surface area (Å²) in [7, 11) is 0. The molecule has 1 aliphatic heterocycles. The Labute approximate surface area is 148 Å². The van der Waals surface area contributed by atoms with Crippen LogP contribution in [0.4, 0.5) is 0 Å². The molecule has 25 heavy (non-hydrogen) atoms. The molecule has 1 heterocycles. The van der Waals surface area contributed by atoms with E-state index in [0.717, 1.165) is 18.4 Å². The fourth-order valence-electron chi connectivity index (χ4n) is 3.08. The van der Waals surface area contributed by atoms with E-state index in [1.807, 2.05) is 13.8 Å². The van der Waals surface area contributed by atoms with Gasteiger partial charge in [-0.15, -0.1) is 0 Å². The largest absolute Gasteiger partial charge is 0.478 e. The third-order valence-electron chi connectivity index (χ3n) is 4.47. The highest BCUT2D eigenvalue weighted by Gasteiger charge is 2.25. The van der Waals surface area contributed by atoms with Gasteiger partial charge in [-0.05, 0) is 49.4 Å². The Morgan fingerprint density at radius 1 is 1.24 bits per heavy atom. The number of amides is 2. The van der Waals surface area contributed by atoms with Gasteiger partial charge in [0.25, 0.3) is 5.91 Å². The van der Waals surface area contributed by atoms with E-state index < -0.39 is 5.97 Å². The number of nitrogens with one attached hydrogen (secondary N) is 1. The number of aromatic carboxylic acids is 1. The summed E-state index contributed by atoms with van der Waals surface area (Å²) in [5.74, 6) is -0.989. The molecule has 1 unspecified atom stereocenters. The van der Waals surface area contributed by atoms with E-state index in [4.69, 9.17) is 5.11 Å². The lowest BCUT2D eigenvalue weighted by atomic mass is 9.96. The first kappa shape index (κ1) is 19.0. The lowest BCUT2D eigenvalue weighted by molar-refractivity contribution is -0.124. The number of nitrogens with zero attached hydrogens (tertiary/aromatic N) is 1. The van der Waals surface area contributed by atoms with Crippen LogP contribution in [0.15, 0.2) is 18.2 Å². The molecule has 6 nitrogen and oxygen atoms in total. The number of carboxylic acid groups (broad SMARTS) is 1. The predicted octanol–water partition coefficient (Wildman–Crippen LogP) is 2.32. The summed E-state index contributed by atoms with van der Waals surface area (Å²) in [6.45, 7) is 7.28. The van der Waals surface area contributed by atoms with Gasteiger partial charge in [-0.25, -0.2) is 4.79 Å². The maximum absolute atomic E-state index is 12.8. The highest BCUT2D eigenvalue weighted by Crippen LogP contribution is 2.20. The molecule has 1 aromatic rings. The maximum atomic E-state index is 12.8. The molecule has 2 N–H and O–H groups in total. The Morgan fingerprint density at radius 2 is 1.92 bits per heavy atom. The number of aryl methyl sites for hydroxylation is 1. The molecule has 2 rings (SSSR count). The Hall–Kier alpha value is -2.37. The zero-order valence-electron chi connectivity index (χ0n) is 15.0. The van der Waals surface area contributed by atoms with E-state index >= 15 is 0 Å². The van der Waals surface area contributed by atoms with Gasteiger partial charge in [-0.2, -0.15) is 0 Å². The number of benzene rings is 1. The number of hydrogen-bond donors (Lipinski definition) is 2. The summed E-state index contributed by atoms with van der Waals surface area (Å²) in [4.78, 5) is 37.4. The summed E-state index contributed by atoms with van der Waals surface area (Å²) in [6, 6.07) is 4.71. The van der Waals surface area contributed by atoms with Crippen LogP contribution in [0.2, 0.25) is 0 Å². The SMILES string of the molecule is Cc1cc(C(=O)O)cc(C(=O)N2CCCC(CNC(=O)C(C)C)C2)c1. The fourth-order valence-corrected chi connectivity index (χ4v) is 3.08. The molecule has 136 valence electrons. The second-order valence-corrected chi connectivity index (χ2v) is 7.05. The second-order valence-electron chi connectivity index (χ2n) is 7.05. The lowest BCUT2D eigenvalue weighted by Crippen LogP contribution is -2.44. The normalized spacial score (nSPS) is 17.4. The van der Waals surface area contributed by atoms with Crippen molar-refractivity contribution >= 4 is 17.8 Å². The predicted molar refractivity (Wildman–Crippen MR) is 94.6 cm³/mol. The summed E-state index contributed by atoms with van der Waals surface area (Å²) in [5.41, 5.74) is 1.28. The molecule has 0 bridgehead atoms. The first-order valence-electron chi connectivity index (χ1n) is 8.70. The van der Waals surface area contributed by atoms with Crippen LogP contribution in [0.1, 0.15) is 53.0 Å². The average Bonchev–Trinajstić information content (AvgIpc) is 2.58. The Kier molecular flexibility index (Phi) is 6.17. The topological polar surface area (TPSA) is 86.7 Å². The van der Waals surface area contributed by atoms with E-state index in [1.54, 1.807) is 24.0 Å². The van der Waals surface area contributed by atoms with Crippen molar-refractivity contribution in [2.45, 2.75) is 33.6 Å². The number of carbonyl (C=O) groups excluding carboxylic acids is 2. The highest BCUT2D eigenvalue weighted by atomic mass is 16.4. The minimum atomic E-state index is -1.04. The molecule has 0 saturated carbocycles. The van der Waals surface area contributed by atoms with Gasteiger partial charge >= 0.3 is 5.97 Å². The minimum absolute atomic E-state index is 0.0215. The van der Waals surface area contributed by atoms with Crippen LogP contribution in [0, 0.1) is 18.8 Å². The number of rotatable bonds is 5. The van der Waals surface area contributed by atoms with Crippen molar-refractivity contribution in [1.82, 2.24) is 10.2 Å². The molecule has 1 aliphatic rings. The van der Waals surface area contributed by atoms with Crippen LogP contribution in [0.5, 0.6) is 0 Å². The molecule has 0 radical (unpaired) electrons. The van der Waals surface area contributed by atoms with E-state index in [1.165, 1.54) is 6.07 Å². The maximum Gasteiger partial charge on any atom is 0.335 e. The molecule has 1 atom stereocenters. The molecular formula is C19H26N2O4. The average molecular weight is 346 g/mol. The van der Waals surface area contributed by atoms with Gasteiger partial charge in [-0.1, -0.05) is 13.8 Å². The first-order chi connectivity index (χ1) is 11.8. The zero-order chi connectivity index (χ0) is 18.6. The molecule has 1 aromatic carbocycles. The minimum Gasteiger partial charge on any atom is -0.478 e. The van der Waals surface area contributed by atoms with Crippen molar-refractivity contribution in [2.75, 3.05) is 19.6 Å². The molecule has 1 saturated heterocycles. The van der Waals surface area contributed by atoms with E-state index in [9.17, 15) is 14.4 Å². The lowest BCUT2D eigenvalue weighted by Gasteiger charge is -2.33. The molecule has 0 spiro atoms. The Morgan fingerprint density at radius 3 is 2.56 bits per heavy atom. The van der Waals surface area contributed by atoms with Gasteiger partial charge in [-0.3, -0.25) is 9.59 Å².